The molecule has 0 heterocycles. The van der Waals surface area contributed by atoms with Crippen molar-refractivity contribution in [2.45, 2.75) is 76.0 Å². The molecule has 0 bridgehead atoms. The molecular weight excluding hydrogens is 224 g/mol. The molecule has 2 fully saturated rings. The van der Waals surface area contributed by atoms with Crippen molar-refractivity contribution in [3.05, 3.63) is 0 Å². The average Bonchev–Trinajstić information content (AvgIpc) is 3.24. The van der Waals surface area contributed by atoms with Crippen LogP contribution in [0.4, 0.5) is 0 Å². The molecular formula is C15H30N2O. The molecule has 0 spiro atoms. The Balaban J connectivity index is 2.00. The largest absolute Gasteiger partial charge is 0.381 e. The molecule has 2 aliphatic rings. The molecule has 2 N–H and O–H groups in total. The van der Waals surface area contributed by atoms with Crippen molar-refractivity contribution >= 4 is 0 Å². The van der Waals surface area contributed by atoms with Crippen molar-refractivity contribution < 1.29 is 4.74 Å². The van der Waals surface area contributed by atoms with Gasteiger partial charge >= 0.3 is 0 Å². The van der Waals surface area contributed by atoms with Crippen LogP contribution in [0.25, 0.3) is 0 Å². The SMILES string of the molecule is CCCCN(C1CC1)C1(CN)CCC(OC)CC1. The lowest BCUT2D eigenvalue weighted by molar-refractivity contribution is -0.0114. The Morgan fingerprint density at radius 1 is 1.22 bits per heavy atom. The fourth-order valence-electron chi connectivity index (χ4n) is 3.49. The van der Waals surface area contributed by atoms with Gasteiger partial charge in [-0.1, -0.05) is 13.3 Å². The van der Waals surface area contributed by atoms with Gasteiger partial charge in [-0.2, -0.15) is 0 Å². The Kier molecular flexibility index (Phi) is 5.05. The van der Waals surface area contributed by atoms with Gasteiger partial charge in [0, 0.05) is 25.2 Å². The van der Waals surface area contributed by atoms with E-state index in [2.05, 4.69) is 11.8 Å². The van der Waals surface area contributed by atoms with Crippen LogP contribution in [-0.4, -0.2) is 42.8 Å². The Bertz CT molecular complexity index is 245. The predicted molar refractivity (Wildman–Crippen MR) is 75.7 cm³/mol. The molecule has 0 atom stereocenters. The van der Waals surface area contributed by atoms with E-state index >= 15 is 0 Å². The first-order valence-corrected chi connectivity index (χ1v) is 7.75. The van der Waals surface area contributed by atoms with Gasteiger partial charge in [0.1, 0.15) is 0 Å². The minimum atomic E-state index is 0.283. The molecule has 2 rings (SSSR count). The summed E-state index contributed by atoms with van der Waals surface area (Å²) in [5, 5.41) is 0. The van der Waals surface area contributed by atoms with E-state index < -0.39 is 0 Å². The third kappa shape index (κ3) is 3.06. The molecule has 0 amide bonds. The topological polar surface area (TPSA) is 38.5 Å². The van der Waals surface area contributed by atoms with E-state index in [1.807, 2.05) is 7.11 Å². The van der Waals surface area contributed by atoms with Crippen LogP contribution in [0.3, 0.4) is 0 Å². The molecule has 0 aromatic carbocycles. The molecule has 3 nitrogen and oxygen atoms in total. The van der Waals surface area contributed by atoms with Crippen LogP contribution in [0.1, 0.15) is 58.3 Å². The summed E-state index contributed by atoms with van der Waals surface area (Å²) in [5.74, 6) is 0. The third-order valence-corrected chi connectivity index (χ3v) is 4.93. The second kappa shape index (κ2) is 6.36. The monoisotopic (exact) mass is 254 g/mol. The van der Waals surface area contributed by atoms with Crippen molar-refractivity contribution in [2.24, 2.45) is 5.73 Å². The van der Waals surface area contributed by atoms with Crippen LogP contribution >= 0.6 is 0 Å². The van der Waals surface area contributed by atoms with Gasteiger partial charge in [0.05, 0.1) is 6.10 Å². The van der Waals surface area contributed by atoms with Crippen molar-refractivity contribution in [1.82, 2.24) is 4.90 Å². The summed E-state index contributed by atoms with van der Waals surface area (Å²) in [4.78, 5) is 2.77. The van der Waals surface area contributed by atoms with Crippen molar-refractivity contribution in [3.8, 4) is 0 Å². The first-order valence-electron chi connectivity index (χ1n) is 7.75. The lowest BCUT2D eigenvalue weighted by Gasteiger charge is -2.48. The number of ether oxygens (including phenoxy) is 1. The predicted octanol–water partition coefficient (Wildman–Crippen LogP) is 2.54. The van der Waals surface area contributed by atoms with Crippen LogP contribution < -0.4 is 5.73 Å². The minimum Gasteiger partial charge on any atom is -0.381 e. The molecule has 0 aliphatic heterocycles. The summed E-state index contributed by atoms with van der Waals surface area (Å²) in [6.07, 6.45) is 10.7. The van der Waals surface area contributed by atoms with Gasteiger partial charge in [0.2, 0.25) is 0 Å². The van der Waals surface area contributed by atoms with Crippen LogP contribution in [0.15, 0.2) is 0 Å². The Morgan fingerprint density at radius 2 is 1.89 bits per heavy atom. The Morgan fingerprint density at radius 3 is 2.33 bits per heavy atom. The smallest absolute Gasteiger partial charge is 0.0572 e. The van der Waals surface area contributed by atoms with E-state index in [1.165, 1.54) is 57.9 Å². The summed E-state index contributed by atoms with van der Waals surface area (Å²) in [7, 11) is 1.84. The normalized spacial score (nSPS) is 33.0. The quantitative estimate of drug-likeness (QED) is 0.759. The molecule has 3 heteroatoms. The van der Waals surface area contributed by atoms with E-state index in [0.29, 0.717) is 6.10 Å². The summed E-state index contributed by atoms with van der Waals surface area (Å²) in [5.41, 5.74) is 6.46. The standard InChI is InChI=1S/C15H30N2O/c1-3-4-11-17(13-5-6-13)15(12-16)9-7-14(18-2)8-10-15/h13-14H,3-12,16H2,1-2H3. The maximum atomic E-state index is 6.18. The van der Waals surface area contributed by atoms with Gasteiger partial charge in [-0.25, -0.2) is 0 Å². The van der Waals surface area contributed by atoms with Crippen LogP contribution in [0, 0.1) is 0 Å². The molecule has 0 radical (unpaired) electrons. The van der Waals surface area contributed by atoms with Gasteiger partial charge in [-0.15, -0.1) is 0 Å². The van der Waals surface area contributed by atoms with Crippen LogP contribution in [0.2, 0.25) is 0 Å². The number of hydrogen-bond acceptors (Lipinski definition) is 3. The molecule has 106 valence electrons. The molecule has 2 aliphatic carbocycles. The summed E-state index contributed by atoms with van der Waals surface area (Å²) < 4.78 is 5.51. The van der Waals surface area contributed by atoms with Gasteiger partial charge < -0.3 is 10.5 Å². The second-order valence-corrected chi connectivity index (χ2v) is 6.14. The van der Waals surface area contributed by atoms with E-state index in [0.717, 1.165) is 12.6 Å². The Hall–Kier alpha value is -0.120. The summed E-state index contributed by atoms with van der Waals surface area (Å²) in [6, 6.07) is 0.833. The summed E-state index contributed by atoms with van der Waals surface area (Å²) >= 11 is 0. The highest BCUT2D eigenvalue weighted by Crippen LogP contribution is 2.41. The first-order chi connectivity index (χ1) is 8.75. The maximum Gasteiger partial charge on any atom is 0.0572 e. The lowest BCUT2D eigenvalue weighted by Crippen LogP contribution is -2.57. The zero-order valence-electron chi connectivity index (χ0n) is 12.2. The molecule has 0 aromatic rings. The zero-order valence-corrected chi connectivity index (χ0v) is 12.2. The van der Waals surface area contributed by atoms with Gasteiger partial charge in [0.25, 0.3) is 0 Å². The highest BCUT2D eigenvalue weighted by Gasteiger charge is 2.44. The number of methoxy groups -OCH3 is 1. The first kappa shape index (κ1) is 14.3. The lowest BCUT2D eigenvalue weighted by atomic mass is 9.78. The number of nitrogens with two attached hydrogens (primary N) is 1. The molecule has 18 heavy (non-hydrogen) atoms. The fourth-order valence-corrected chi connectivity index (χ4v) is 3.49. The van der Waals surface area contributed by atoms with Crippen molar-refractivity contribution in [3.63, 3.8) is 0 Å². The van der Waals surface area contributed by atoms with E-state index in [-0.39, 0.29) is 5.54 Å². The maximum absolute atomic E-state index is 6.18. The molecule has 0 saturated heterocycles. The van der Waals surface area contributed by atoms with E-state index in [4.69, 9.17) is 10.5 Å². The number of rotatable bonds is 7. The summed E-state index contributed by atoms with van der Waals surface area (Å²) in [6.45, 7) is 4.35. The highest BCUT2D eigenvalue weighted by atomic mass is 16.5. The molecule has 0 aromatic heterocycles. The minimum absolute atomic E-state index is 0.283. The van der Waals surface area contributed by atoms with Gasteiger partial charge in [0.15, 0.2) is 0 Å². The fraction of sp³-hybridized carbons (Fsp3) is 1.00. The van der Waals surface area contributed by atoms with Crippen molar-refractivity contribution in [2.75, 3.05) is 20.2 Å². The van der Waals surface area contributed by atoms with Gasteiger partial charge in [-0.3, -0.25) is 4.90 Å². The average molecular weight is 254 g/mol. The number of hydrogen-bond donors (Lipinski definition) is 1. The van der Waals surface area contributed by atoms with E-state index in [1.54, 1.807) is 0 Å². The van der Waals surface area contributed by atoms with E-state index in [9.17, 15) is 0 Å². The zero-order chi connectivity index (χ0) is 13.0. The Labute approximate surface area is 112 Å². The van der Waals surface area contributed by atoms with Crippen LogP contribution in [0.5, 0.6) is 0 Å². The highest BCUT2D eigenvalue weighted by molar-refractivity contribution is 5.01. The number of nitrogens with zero attached hydrogens (tertiary/aromatic N) is 1. The molecule has 0 unspecified atom stereocenters. The third-order valence-electron chi connectivity index (χ3n) is 4.93. The number of unbranched alkanes of at least 4 members (excludes halogenated alkanes) is 1. The second-order valence-electron chi connectivity index (χ2n) is 6.14. The molecule has 2 saturated carbocycles. The van der Waals surface area contributed by atoms with Crippen molar-refractivity contribution in [1.29, 1.82) is 0 Å². The van der Waals surface area contributed by atoms with Gasteiger partial charge in [-0.05, 0) is 51.5 Å². The van der Waals surface area contributed by atoms with Crippen LogP contribution in [-0.2, 0) is 4.74 Å².